The van der Waals surface area contributed by atoms with Crippen LogP contribution in [0.2, 0.25) is 0 Å². The van der Waals surface area contributed by atoms with Crippen LogP contribution in [0.5, 0.6) is 0 Å². The number of hydrogen-bond donors (Lipinski definition) is 2. The number of nitrogens with zero attached hydrogens (tertiary/aromatic N) is 2. The number of aryl methyl sites for hydroxylation is 2. The number of hydrogen-bond acceptors (Lipinski definition) is 7. The van der Waals surface area contributed by atoms with Gasteiger partial charge in [-0.15, -0.1) is 0 Å². The third kappa shape index (κ3) is 5.93. The molecule has 0 aliphatic carbocycles. The monoisotopic (exact) mass is 705 g/mol. The summed E-state index contributed by atoms with van der Waals surface area (Å²) in [6, 6.07) is 13.4. The number of nitrogens with one attached hydrogen (secondary N) is 1. The Hall–Kier alpha value is -3.80. The Morgan fingerprint density at radius 2 is 1.79 bits per heavy atom. The normalized spacial score (nSPS) is 31.8. The molecule has 2 saturated heterocycles. The Morgan fingerprint density at radius 3 is 2.53 bits per heavy atom. The lowest BCUT2D eigenvalue weighted by molar-refractivity contribution is -0.161. The highest BCUT2D eigenvalue weighted by molar-refractivity contribution is 9.11. The molecule has 2 N–H and O–H groups in total. The number of ether oxygens (including phenoxy) is 2. The lowest BCUT2D eigenvalue weighted by Gasteiger charge is -2.36. The van der Waals surface area contributed by atoms with Gasteiger partial charge in [-0.25, -0.2) is 0 Å². The molecule has 47 heavy (non-hydrogen) atoms. The quantitative estimate of drug-likeness (QED) is 0.356. The number of anilines is 1. The van der Waals surface area contributed by atoms with Crippen LogP contribution in [0.4, 0.5) is 5.69 Å². The molecule has 0 aromatic heterocycles. The molecule has 10 nitrogen and oxygen atoms in total. The number of cyclic esters (lactones) is 1. The van der Waals surface area contributed by atoms with Gasteiger partial charge in [-0.05, 0) is 62.4 Å². The highest BCUT2D eigenvalue weighted by atomic mass is 79.9. The van der Waals surface area contributed by atoms with Gasteiger partial charge in [0.2, 0.25) is 11.8 Å². The smallest absolute Gasteiger partial charge is 0.313 e. The van der Waals surface area contributed by atoms with Gasteiger partial charge in [-0.2, -0.15) is 0 Å². The molecule has 4 aliphatic heterocycles. The summed E-state index contributed by atoms with van der Waals surface area (Å²) in [7, 11) is 0. The van der Waals surface area contributed by atoms with Crippen molar-refractivity contribution in [2.75, 3.05) is 24.6 Å². The highest BCUT2D eigenvalue weighted by Crippen LogP contribution is 2.59. The summed E-state index contributed by atoms with van der Waals surface area (Å²) in [6.45, 7) is 5.78. The number of likely N-dealkylation sites (tertiary alicyclic amines) is 1. The lowest BCUT2D eigenvalue weighted by Crippen LogP contribution is -2.56. The van der Waals surface area contributed by atoms with Crippen molar-refractivity contribution in [1.29, 1.82) is 0 Å². The number of benzene rings is 2. The van der Waals surface area contributed by atoms with Crippen molar-refractivity contribution in [3.8, 4) is 0 Å². The fraction of sp³-hybridized carbons (Fsp3) is 0.444. The van der Waals surface area contributed by atoms with Crippen LogP contribution < -0.4 is 10.2 Å². The van der Waals surface area contributed by atoms with Gasteiger partial charge < -0.3 is 29.7 Å². The zero-order valence-electron chi connectivity index (χ0n) is 26.7. The highest BCUT2D eigenvalue weighted by Gasteiger charge is 2.75. The molecule has 0 unspecified atom stereocenters. The third-order valence-corrected chi connectivity index (χ3v) is 10.3. The Bertz CT molecular complexity index is 1630. The number of halogens is 1. The van der Waals surface area contributed by atoms with Gasteiger partial charge in [0, 0.05) is 36.3 Å². The summed E-state index contributed by atoms with van der Waals surface area (Å²) in [5.41, 5.74) is 1.78. The summed E-state index contributed by atoms with van der Waals surface area (Å²) in [6.07, 6.45) is 4.73. The number of aliphatic hydroxyl groups is 1. The zero-order valence-corrected chi connectivity index (χ0v) is 28.3. The topological polar surface area (TPSA) is 125 Å². The van der Waals surface area contributed by atoms with Crippen LogP contribution in [0, 0.1) is 25.7 Å². The molecule has 3 amide bonds. The molecule has 248 valence electrons. The average Bonchev–Trinajstić information content (AvgIpc) is 3.64. The molecule has 2 aromatic carbocycles. The Labute approximate surface area is 282 Å². The molecule has 4 heterocycles. The number of rotatable bonds is 5. The second kappa shape index (κ2) is 13.4. The van der Waals surface area contributed by atoms with Crippen molar-refractivity contribution in [2.45, 2.75) is 69.9 Å². The van der Waals surface area contributed by atoms with Gasteiger partial charge in [0.05, 0.1) is 12.0 Å². The fourth-order valence-corrected chi connectivity index (χ4v) is 8.17. The van der Waals surface area contributed by atoms with E-state index >= 15 is 0 Å². The van der Waals surface area contributed by atoms with Crippen molar-refractivity contribution in [3.63, 3.8) is 0 Å². The number of carbonyl (C=O) groups is 4. The molecular formula is C36H40BrN3O7. The number of aliphatic hydroxyl groups excluding tert-OH is 1. The molecular weight excluding hydrogens is 666 g/mol. The van der Waals surface area contributed by atoms with E-state index in [1.165, 1.54) is 4.90 Å². The van der Waals surface area contributed by atoms with E-state index in [4.69, 9.17) is 9.47 Å². The van der Waals surface area contributed by atoms with E-state index in [1.54, 1.807) is 17.9 Å². The molecule has 4 aliphatic rings. The average molecular weight is 707 g/mol. The molecule has 0 radical (unpaired) electrons. The first-order valence-electron chi connectivity index (χ1n) is 16.1. The first-order chi connectivity index (χ1) is 22.6. The second-order valence-corrected chi connectivity index (χ2v) is 13.7. The Morgan fingerprint density at radius 1 is 1.02 bits per heavy atom. The van der Waals surface area contributed by atoms with Crippen LogP contribution in [-0.2, 0) is 28.7 Å². The van der Waals surface area contributed by atoms with E-state index in [1.807, 2.05) is 74.5 Å². The van der Waals surface area contributed by atoms with Crippen LogP contribution in [0.1, 0.15) is 49.0 Å². The van der Waals surface area contributed by atoms with E-state index in [-0.39, 0.29) is 44.4 Å². The summed E-state index contributed by atoms with van der Waals surface area (Å²) < 4.78 is 13.4. The van der Waals surface area contributed by atoms with Gasteiger partial charge in [-0.3, -0.25) is 19.2 Å². The van der Waals surface area contributed by atoms with Gasteiger partial charge in [0.1, 0.15) is 29.8 Å². The number of allylic oxidation sites excluding steroid dienone is 1. The van der Waals surface area contributed by atoms with Crippen molar-refractivity contribution >= 4 is 45.3 Å². The van der Waals surface area contributed by atoms with Gasteiger partial charge in [0.25, 0.3) is 5.91 Å². The molecule has 7 atom stereocenters. The van der Waals surface area contributed by atoms with Crippen LogP contribution in [0.15, 0.2) is 71.2 Å². The second-order valence-electron chi connectivity index (χ2n) is 12.8. The molecule has 11 heteroatoms. The SMILES string of the molecule is Cc1ccc(C)c(N2C/C=C\CCC(=O)N[C@@H](C)[C@H](c3ccccc3)OC(=O)[C@H]3[C@@H]4O[C@@]5(C=C4Br)[C@@H]3C(=O)N(CCCO)[C@@H]5C2=O)c1. The van der Waals surface area contributed by atoms with E-state index in [0.29, 0.717) is 22.2 Å². The first kappa shape index (κ1) is 33.1. The van der Waals surface area contributed by atoms with E-state index in [2.05, 4.69) is 21.2 Å². The molecule has 5 bridgehead atoms. The maximum absolute atomic E-state index is 15.0. The number of esters is 1. The van der Waals surface area contributed by atoms with Crippen LogP contribution in [-0.4, -0.2) is 77.2 Å². The van der Waals surface area contributed by atoms with Crippen LogP contribution in [0.25, 0.3) is 0 Å². The van der Waals surface area contributed by atoms with Gasteiger partial charge in [-0.1, -0.05) is 70.5 Å². The Balaban J connectivity index is 1.48. The van der Waals surface area contributed by atoms with E-state index < -0.39 is 53.6 Å². The van der Waals surface area contributed by atoms with Crippen LogP contribution >= 0.6 is 15.9 Å². The van der Waals surface area contributed by atoms with E-state index in [9.17, 15) is 24.3 Å². The first-order valence-corrected chi connectivity index (χ1v) is 16.9. The molecule has 2 aromatic rings. The summed E-state index contributed by atoms with van der Waals surface area (Å²) >= 11 is 3.60. The summed E-state index contributed by atoms with van der Waals surface area (Å²) in [4.78, 5) is 59.8. The maximum Gasteiger partial charge on any atom is 0.313 e. The molecule has 2 fully saturated rings. The maximum atomic E-state index is 15.0. The minimum atomic E-state index is -1.44. The number of fused-ring (bicyclic) bond motifs is 2. The van der Waals surface area contributed by atoms with Crippen molar-refractivity contribution in [3.05, 3.63) is 87.9 Å². The Kier molecular flexibility index (Phi) is 9.42. The summed E-state index contributed by atoms with van der Waals surface area (Å²) in [5, 5.41) is 12.8. The van der Waals surface area contributed by atoms with Crippen molar-refractivity contribution in [2.24, 2.45) is 11.8 Å². The fourth-order valence-electron chi connectivity index (χ4n) is 7.43. The third-order valence-electron chi connectivity index (χ3n) is 9.62. The van der Waals surface area contributed by atoms with Gasteiger partial charge >= 0.3 is 5.97 Å². The number of carbonyl (C=O) groups excluding carboxylic acids is 4. The number of amides is 3. The van der Waals surface area contributed by atoms with Gasteiger partial charge in [0.15, 0.2) is 0 Å². The standard InChI is InChI=1S/C36H40BrN3O7/c1-21-14-15-22(2)26(19-21)39-16-9-5-8-13-27(42)38-23(3)30(24-11-6-4-7-12-24)46-35(45)28-29-33(43)40(17-10-18-41)32(34(39)44)36(29)20-25(37)31(28)47-36/h4-7,9,11-12,14-15,19-20,23,28-32,41H,8,10,13,16-18H2,1-3H3,(H,38,42)/b9-5-/t23-,28+,29-,30+,31+,32+,36-/m0/s1. The lowest BCUT2D eigenvalue weighted by atomic mass is 9.74. The minimum Gasteiger partial charge on any atom is -0.455 e. The zero-order chi connectivity index (χ0) is 33.5. The van der Waals surface area contributed by atoms with E-state index in [0.717, 1.165) is 11.1 Å². The predicted octanol–water partition coefficient (Wildman–Crippen LogP) is 4.03. The predicted molar refractivity (Wildman–Crippen MR) is 178 cm³/mol. The molecule has 0 saturated carbocycles. The summed E-state index contributed by atoms with van der Waals surface area (Å²) in [5.74, 6) is -3.68. The largest absolute Gasteiger partial charge is 0.455 e. The van der Waals surface area contributed by atoms with Crippen molar-refractivity contribution in [1.82, 2.24) is 10.2 Å². The molecule has 1 spiro atoms. The van der Waals surface area contributed by atoms with Crippen molar-refractivity contribution < 1.29 is 33.8 Å². The van der Waals surface area contributed by atoms with Crippen LogP contribution in [0.3, 0.4) is 0 Å². The molecule has 6 rings (SSSR count). The minimum absolute atomic E-state index is 0.109.